The number of rotatable bonds is 7. The van der Waals surface area contributed by atoms with E-state index in [0.29, 0.717) is 6.54 Å². The van der Waals surface area contributed by atoms with E-state index in [1.54, 1.807) is 0 Å². The molecular formula is C16H19N3O6S. The van der Waals surface area contributed by atoms with E-state index in [-0.39, 0.29) is 23.5 Å². The number of hydrogen-bond acceptors (Lipinski definition) is 6. The maximum atomic E-state index is 12.1. The number of nitrogens with zero attached hydrogens (tertiary/aromatic N) is 1. The lowest BCUT2D eigenvalue weighted by Gasteiger charge is -2.18. The van der Waals surface area contributed by atoms with Crippen LogP contribution >= 0.6 is 0 Å². The molecule has 1 aromatic rings. The Bertz CT molecular complexity index is 819. The van der Waals surface area contributed by atoms with Crippen molar-refractivity contribution >= 4 is 27.9 Å². The Balaban J connectivity index is 2.02. The van der Waals surface area contributed by atoms with E-state index in [4.69, 9.17) is 4.74 Å². The van der Waals surface area contributed by atoms with Crippen molar-refractivity contribution in [2.45, 2.75) is 17.9 Å². The van der Waals surface area contributed by atoms with E-state index in [0.717, 1.165) is 4.90 Å². The number of benzene rings is 1. The third-order valence-corrected chi connectivity index (χ3v) is 5.01. The summed E-state index contributed by atoms with van der Waals surface area (Å²) in [6.45, 7) is 5.43. The predicted molar refractivity (Wildman–Crippen MR) is 91.8 cm³/mol. The maximum Gasteiger partial charge on any atom is 0.338 e. The number of urea groups is 1. The van der Waals surface area contributed by atoms with Crippen molar-refractivity contribution in [1.82, 2.24) is 14.9 Å². The summed E-state index contributed by atoms with van der Waals surface area (Å²) in [6.07, 6.45) is 0.256. The number of sulfonamides is 1. The van der Waals surface area contributed by atoms with Crippen molar-refractivity contribution in [3.8, 4) is 0 Å². The normalized spacial score (nSPS) is 15.3. The second kappa shape index (κ2) is 8.11. The Morgan fingerprint density at radius 2 is 2.04 bits per heavy atom. The lowest BCUT2D eigenvalue weighted by atomic mass is 10.2. The van der Waals surface area contributed by atoms with E-state index in [1.807, 2.05) is 0 Å². The molecule has 1 saturated heterocycles. The molecule has 9 nitrogen and oxygen atoms in total. The molecule has 2 N–H and O–H groups in total. The second-order valence-corrected chi connectivity index (χ2v) is 7.20. The molecule has 0 radical (unpaired) electrons. The standard InChI is InChI=1S/C16H19N3O6S/c1-3-8-18-26(23,24)13-6-4-12(5-7-13)15(21)25-11(2)14(20)19-10-9-17-16(19)22/h3-7,11,18H,1,8-10H2,2H3,(H,17,22)/t11-/m1/s1. The highest BCUT2D eigenvalue weighted by Gasteiger charge is 2.31. The fraction of sp³-hybridized carbons (Fsp3) is 0.312. The Kier molecular flexibility index (Phi) is 6.11. The van der Waals surface area contributed by atoms with Crippen LogP contribution in [0.4, 0.5) is 4.79 Å². The SMILES string of the molecule is C=CCNS(=O)(=O)c1ccc(C(=O)O[C@H](C)C(=O)N2CCNC2=O)cc1. The molecule has 26 heavy (non-hydrogen) atoms. The molecule has 1 aliphatic rings. The van der Waals surface area contributed by atoms with Crippen molar-refractivity contribution in [2.24, 2.45) is 0 Å². The van der Waals surface area contributed by atoms with Gasteiger partial charge in [0.05, 0.1) is 10.5 Å². The third kappa shape index (κ3) is 4.46. The van der Waals surface area contributed by atoms with Gasteiger partial charge in [-0.2, -0.15) is 0 Å². The Morgan fingerprint density at radius 1 is 1.38 bits per heavy atom. The van der Waals surface area contributed by atoms with Gasteiger partial charge in [-0.25, -0.2) is 22.7 Å². The van der Waals surface area contributed by atoms with Gasteiger partial charge in [-0.15, -0.1) is 6.58 Å². The first-order valence-corrected chi connectivity index (χ1v) is 9.25. The Labute approximate surface area is 151 Å². The number of imide groups is 1. The zero-order valence-electron chi connectivity index (χ0n) is 14.1. The molecule has 1 heterocycles. The second-order valence-electron chi connectivity index (χ2n) is 5.43. The molecule has 0 bridgehead atoms. The summed E-state index contributed by atoms with van der Waals surface area (Å²) in [5.74, 6) is -1.42. The molecular weight excluding hydrogens is 362 g/mol. The number of ether oxygens (including phenoxy) is 1. The maximum absolute atomic E-state index is 12.1. The zero-order chi connectivity index (χ0) is 19.3. The van der Waals surface area contributed by atoms with Gasteiger partial charge in [-0.1, -0.05) is 6.08 Å². The number of nitrogens with one attached hydrogen (secondary N) is 2. The fourth-order valence-electron chi connectivity index (χ4n) is 2.20. The lowest BCUT2D eigenvalue weighted by Crippen LogP contribution is -2.41. The summed E-state index contributed by atoms with van der Waals surface area (Å²) in [6, 6.07) is 4.54. The van der Waals surface area contributed by atoms with Crippen LogP contribution in [0.1, 0.15) is 17.3 Å². The van der Waals surface area contributed by atoms with Crippen LogP contribution in [0.2, 0.25) is 0 Å². The minimum absolute atomic E-state index is 0.0197. The molecule has 3 amide bonds. The van der Waals surface area contributed by atoms with E-state index < -0.39 is 34.0 Å². The topological polar surface area (TPSA) is 122 Å². The van der Waals surface area contributed by atoms with Crippen molar-refractivity contribution < 1.29 is 27.5 Å². The van der Waals surface area contributed by atoms with Gasteiger partial charge in [0, 0.05) is 19.6 Å². The molecule has 10 heteroatoms. The van der Waals surface area contributed by atoms with Crippen LogP contribution < -0.4 is 10.0 Å². The molecule has 2 rings (SSSR count). The first kappa shape index (κ1) is 19.6. The van der Waals surface area contributed by atoms with Gasteiger partial charge in [-0.3, -0.25) is 9.69 Å². The predicted octanol–water partition coefficient (Wildman–Crippen LogP) is 0.248. The number of amides is 3. The number of esters is 1. The number of carbonyl (C=O) groups excluding carboxylic acids is 3. The van der Waals surface area contributed by atoms with E-state index in [2.05, 4.69) is 16.6 Å². The summed E-state index contributed by atoms with van der Waals surface area (Å²) in [5.41, 5.74) is 0.0817. The smallest absolute Gasteiger partial charge is 0.338 e. The summed E-state index contributed by atoms with van der Waals surface area (Å²) in [4.78, 5) is 36.6. The van der Waals surface area contributed by atoms with Gasteiger partial charge in [0.2, 0.25) is 10.0 Å². The van der Waals surface area contributed by atoms with Crippen LogP contribution in [-0.4, -0.2) is 57.0 Å². The highest BCUT2D eigenvalue weighted by molar-refractivity contribution is 7.89. The molecule has 0 aromatic heterocycles. The van der Waals surface area contributed by atoms with Crippen molar-refractivity contribution in [3.05, 3.63) is 42.5 Å². The van der Waals surface area contributed by atoms with Crippen LogP contribution in [0.15, 0.2) is 41.8 Å². The summed E-state index contributed by atoms with van der Waals surface area (Å²) in [7, 11) is -3.70. The van der Waals surface area contributed by atoms with Crippen molar-refractivity contribution in [3.63, 3.8) is 0 Å². The molecule has 0 saturated carbocycles. The lowest BCUT2D eigenvalue weighted by molar-refractivity contribution is -0.136. The van der Waals surface area contributed by atoms with Gasteiger partial charge >= 0.3 is 12.0 Å². The minimum Gasteiger partial charge on any atom is -0.449 e. The van der Waals surface area contributed by atoms with Gasteiger partial charge in [0.15, 0.2) is 6.10 Å². The van der Waals surface area contributed by atoms with Crippen LogP contribution in [0.5, 0.6) is 0 Å². The van der Waals surface area contributed by atoms with Crippen molar-refractivity contribution in [1.29, 1.82) is 0 Å². The summed E-state index contributed by atoms with van der Waals surface area (Å²) in [5, 5.41) is 2.48. The molecule has 0 aliphatic carbocycles. The largest absolute Gasteiger partial charge is 0.449 e. The van der Waals surface area contributed by atoms with E-state index in [9.17, 15) is 22.8 Å². The van der Waals surface area contributed by atoms with E-state index >= 15 is 0 Å². The van der Waals surface area contributed by atoms with Crippen LogP contribution in [0.25, 0.3) is 0 Å². The van der Waals surface area contributed by atoms with Gasteiger partial charge in [0.1, 0.15) is 0 Å². The average molecular weight is 381 g/mol. The monoisotopic (exact) mass is 381 g/mol. The average Bonchev–Trinajstić information content (AvgIpc) is 3.05. The first-order chi connectivity index (χ1) is 12.3. The van der Waals surface area contributed by atoms with Gasteiger partial charge in [0.25, 0.3) is 5.91 Å². The molecule has 1 aromatic carbocycles. The molecule has 1 aliphatic heterocycles. The molecule has 0 spiro atoms. The number of carbonyl (C=O) groups is 3. The summed E-state index contributed by atoms with van der Waals surface area (Å²) < 4.78 is 31.3. The van der Waals surface area contributed by atoms with Crippen LogP contribution in [-0.2, 0) is 19.6 Å². The molecule has 0 unspecified atom stereocenters. The highest BCUT2D eigenvalue weighted by atomic mass is 32.2. The number of hydrogen-bond donors (Lipinski definition) is 2. The summed E-state index contributed by atoms with van der Waals surface area (Å²) >= 11 is 0. The molecule has 1 atom stereocenters. The zero-order valence-corrected chi connectivity index (χ0v) is 14.9. The Morgan fingerprint density at radius 3 is 2.58 bits per heavy atom. The molecule has 1 fully saturated rings. The van der Waals surface area contributed by atoms with Gasteiger partial charge in [-0.05, 0) is 31.2 Å². The Hall–Kier alpha value is -2.72. The third-order valence-electron chi connectivity index (χ3n) is 3.57. The van der Waals surface area contributed by atoms with Gasteiger partial charge < -0.3 is 10.1 Å². The van der Waals surface area contributed by atoms with Crippen LogP contribution in [0, 0.1) is 0 Å². The van der Waals surface area contributed by atoms with Crippen molar-refractivity contribution in [2.75, 3.05) is 19.6 Å². The fourth-order valence-corrected chi connectivity index (χ4v) is 3.20. The minimum atomic E-state index is -3.70. The van der Waals surface area contributed by atoms with Crippen LogP contribution in [0.3, 0.4) is 0 Å². The van der Waals surface area contributed by atoms with E-state index in [1.165, 1.54) is 37.3 Å². The quantitative estimate of drug-likeness (QED) is 0.516. The highest BCUT2D eigenvalue weighted by Crippen LogP contribution is 2.13. The first-order valence-electron chi connectivity index (χ1n) is 7.77. The molecule has 140 valence electrons.